The molecule has 2 nitrogen and oxygen atoms in total. The highest BCUT2D eigenvalue weighted by Crippen LogP contribution is 2.20. The summed E-state index contributed by atoms with van der Waals surface area (Å²) in [6.07, 6.45) is 3.95. The van der Waals surface area contributed by atoms with Crippen LogP contribution in [0.4, 0.5) is 0 Å². The molecule has 0 saturated heterocycles. The molecule has 0 bridgehead atoms. The van der Waals surface area contributed by atoms with Crippen LogP contribution in [0, 0.1) is 4.77 Å². The van der Waals surface area contributed by atoms with Crippen LogP contribution in [-0.4, -0.2) is 16.2 Å². The van der Waals surface area contributed by atoms with Crippen molar-refractivity contribution in [3.05, 3.63) is 35.2 Å². The minimum atomic E-state index is 0.661. The lowest BCUT2D eigenvalue weighted by Gasteiger charge is -1.98. The first kappa shape index (κ1) is 9.55. The Hall–Kier alpha value is -1.00. The molecule has 4 heteroatoms. The number of nitrogens with one attached hydrogen (secondary N) is 2. The van der Waals surface area contributed by atoms with E-state index in [4.69, 9.17) is 12.2 Å². The number of H-pyrrole nitrogens is 2. The Morgan fingerprint density at radius 2 is 1.93 bits per heavy atom. The van der Waals surface area contributed by atoms with Crippen LogP contribution in [0.25, 0.3) is 11.3 Å². The Morgan fingerprint density at radius 3 is 2.43 bits per heavy atom. The van der Waals surface area contributed by atoms with Crippen LogP contribution in [0.1, 0.15) is 0 Å². The summed E-state index contributed by atoms with van der Waals surface area (Å²) in [5.41, 5.74) is 2.18. The van der Waals surface area contributed by atoms with Gasteiger partial charge in [-0.3, -0.25) is 0 Å². The van der Waals surface area contributed by atoms with Crippen LogP contribution in [-0.2, 0) is 0 Å². The molecule has 2 aromatic rings. The SMILES string of the molecule is CSc1ccc(-c2c[nH]c(=S)[nH]2)cc1. The van der Waals surface area contributed by atoms with Crippen molar-refractivity contribution >= 4 is 24.0 Å². The number of hydrogen-bond donors (Lipinski definition) is 2. The maximum atomic E-state index is 4.97. The van der Waals surface area contributed by atoms with E-state index in [0.717, 1.165) is 11.3 Å². The van der Waals surface area contributed by atoms with Gasteiger partial charge in [0.05, 0.1) is 5.69 Å². The number of thioether (sulfide) groups is 1. The molecule has 72 valence electrons. The average molecular weight is 222 g/mol. The molecule has 0 fully saturated rings. The smallest absolute Gasteiger partial charge is 0.174 e. The van der Waals surface area contributed by atoms with Gasteiger partial charge in [-0.15, -0.1) is 11.8 Å². The lowest BCUT2D eigenvalue weighted by Crippen LogP contribution is -1.76. The molecule has 0 aliphatic carbocycles. The van der Waals surface area contributed by atoms with Crippen molar-refractivity contribution in [3.8, 4) is 11.3 Å². The van der Waals surface area contributed by atoms with E-state index in [-0.39, 0.29) is 0 Å². The summed E-state index contributed by atoms with van der Waals surface area (Å²) < 4.78 is 0.661. The molecule has 0 radical (unpaired) electrons. The number of imidazole rings is 1. The van der Waals surface area contributed by atoms with Crippen molar-refractivity contribution < 1.29 is 0 Å². The van der Waals surface area contributed by atoms with Gasteiger partial charge in [0.2, 0.25) is 0 Å². The maximum absolute atomic E-state index is 4.97. The monoisotopic (exact) mass is 222 g/mol. The third-order valence-corrected chi connectivity index (χ3v) is 2.96. The molecule has 1 aromatic heterocycles. The van der Waals surface area contributed by atoms with E-state index in [2.05, 4.69) is 40.5 Å². The van der Waals surface area contributed by atoms with Gasteiger partial charge in [0.15, 0.2) is 4.77 Å². The van der Waals surface area contributed by atoms with E-state index < -0.39 is 0 Å². The van der Waals surface area contributed by atoms with Crippen molar-refractivity contribution in [2.24, 2.45) is 0 Å². The molecule has 0 aliphatic heterocycles. The van der Waals surface area contributed by atoms with E-state index in [1.165, 1.54) is 4.90 Å². The van der Waals surface area contributed by atoms with Gasteiger partial charge in [-0.1, -0.05) is 12.1 Å². The Balaban J connectivity index is 2.38. The average Bonchev–Trinajstić information content (AvgIpc) is 2.65. The van der Waals surface area contributed by atoms with Crippen molar-refractivity contribution in [1.82, 2.24) is 9.97 Å². The Bertz CT molecular complexity index is 467. The summed E-state index contributed by atoms with van der Waals surface area (Å²) in [6, 6.07) is 8.37. The number of aromatic amines is 2. The maximum Gasteiger partial charge on any atom is 0.174 e. The topological polar surface area (TPSA) is 31.6 Å². The Labute approximate surface area is 91.8 Å². The lowest BCUT2D eigenvalue weighted by molar-refractivity contribution is 1.27. The van der Waals surface area contributed by atoms with Crippen molar-refractivity contribution in [3.63, 3.8) is 0 Å². The second-order valence-corrected chi connectivity index (χ2v) is 4.17. The van der Waals surface area contributed by atoms with Crippen LogP contribution < -0.4 is 0 Å². The predicted molar refractivity (Wildman–Crippen MR) is 63.2 cm³/mol. The molecule has 0 atom stereocenters. The molecule has 1 heterocycles. The second kappa shape index (κ2) is 4.02. The minimum absolute atomic E-state index is 0.661. The zero-order chi connectivity index (χ0) is 9.97. The fraction of sp³-hybridized carbons (Fsp3) is 0.100. The largest absolute Gasteiger partial charge is 0.337 e. The molecule has 0 saturated carbocycles. The molecule has 14 heavy (non-hydrogen) atoms. The van der Waals surface area contributed by atoms with Crippen LogP contribution in [0.3, 0.4) is 0 Å². The summed E-state index contributed by atoms with van der Waals surface area (Å²) in [6.45, 7) is 0. The van der Waals surface area contributed by atoms with E-state index in [0.29, 0.717) is 4.77 Å². The van der Waals surface area contributed by atoms with E-state index >= 15 is 0 Å². The Kier molecular flexibility index (Phi) is 2.74. The van der Waals surface area contributed by atoms with Gasteiger partial charge in [0.1, 0.15) is 0 Å². The van der Waals surface area contributed by atoms with Crippen LogP contribution in [0.2, 0.25) is 0 Å². The first-order valence-corrected chi connectivity index (χ1v) is 5.85. The number of hydrogen-bond acceptors (Lipinski definition) is 2. The van der Waals surface area contributed by atoms with E-state index in [1.54, 1.807) is 11.8 Å². The van der Waals surface area contributed by atoms with Crippen LogP contribution in [0.5, 0.6) is 0 Å². The highest BCUT2D eigenvalue weighted by atomic mass is 32.2. The summed E-state index contributed by atoms with van der Waals surface area (Å²) in [5.74, 6) is 0. The fourth-order valence-corrected chi connectivity index (χ4v) is 1.84. The van der Waals surface area contributed by atoms with Gasteiger partial charge in [0.25, 0.3) is 0 Å². The molecule has 1 aromatic carbocycles. The molecular formula is C10H10N2S2. The molecule has 0 aliphatic rings. The van der Waals surface area contributed by atoms with Gasteiger partial charge in [0, 0.05) is 11.1 Å². The normalized spacial score (nSPS) is 10.4. The van der Waals surface area contributed by atoms with Crippen LogP contribution >= 0.6 is 24.0 Å². The third-order valence-electron chi connectivity index (χ3n) is 2.00. The van der Waals surface area contributed by atoms with Crippen molar-refractivity contribution in [1.29, 1.82) is 0 Å². The number of aromatic nitrogens is 2. The molecular weight excluding hydrogens is 212 g/mol. The zero-order valence-electron chi connectivity index (χ0n) is 7.70. The van der Waals surface area contributed by atoms with E-state index in [9.17, 15) is 0 Å². The third kappa shape index (κ3) is 1.91. The summed E-state index contributed by atoms with van der Waals surface area (Å²) in [7, 11) is 0. The number of rotatable bonds is 2. The van der Waals surface area contributed by atoms with Gasteiger partial charge in [-0.25, -0.2) is 0 Å². The molecule has 0 spiro atoms. The second-order valence-electron chi connectivity index (χ2n) is 2.88. The molecule has 0 amide bonds. The standard InChI is InChI=1S/C10H10N2S2/c1-14-8-4-2-7(3-5-8)9-6-11-10(13)12-9/h2-6H,1H3,(H2,11,12,13). The predicted octanol–water partition coefficient (Wildman–Crippen LogP) is 3.46. The molecule has 2 N–H and O–H groups in total. The highest BCUT2D eigenvalue weighted by molar-refractivity contribution is 7.98. The van der Waals surface area contributed by atoms with Crippen LogP contribution in [0.15, 0.2) is 35.4 Å². The summed E-state index contributed by atoms with van der Waals surface area (Å²) in [4.78, 5) is 7.30. The zero-order valence-corrected chi connectivity index (χ0v) is 9.34. The first-order chi connectivity index (χ1) is 6.79. The van der Waals surface area contributed by atoms with Crippen molar-refractivity contribution in [2.75, 3.05) is 6.26 Å². The lowest BCUT2D eigenvalue weighted by atomic mass is 10.2. The summed E-state index contributed by atoms with van der Waals surface area (Å²) >= 11 is 6.71. The van der Waals surface area contributed by atoms with Crippen molar-refractivity contribution in [2.45, 2.75) is 4.90 Å². The fourth-order valence-electron chi connectivity index (χ4n) is 1.26. The van der Waals surface area contributed by atoms with E-state index in [1.807, 2.05) is 6.20 Å². The first-order valence-electron chi connectivity index (χ1n) is 4.22. The molecule has 2 rings (SSSR count). The Morgan fingerprint density at radius 1 is 1.21 bits per heavy atom. The molecule has 0 unspecified atom stereocenters. The van der Waals surface area contributed by atoms with Gasteiger partial charge < -0.3 is 9.97 Å². The van der Waals surface area contributed by atoms with Gasteiger partial charge in [-0.05, 0) is 36.2 Å². The number of benzene rings is 1. The highest BCUT2D eigenvalue weighted by Gasteiger charge is 1.98. The minimum Gasteiger partial charge on any atom is -0.337 e. The quantitative estimate of drug-likeness (QED) is 0.602. The van der Waals surface area contributed by atoms with Gasteiger partial charge in [-0.2, -0.15) is 0 Å². The van der Waals surface area contributed by atoms with Gasteiger partial charge >= 0.3 is 0 Å². The summed E-state index contributed by atoms with van der Waals surface area (Å²) in [5, 5.41) is 0.